The van der Waals surface area contributed by atoms with Crippen LogP contribution in [-0.4, -0.2) is 9.04 Å². The van der Waals surface area contributed by atoms with E-state index in [1.807, 2.05) is 30.3 Å². The predicted octanol–water partition coefficient (Wildman–Crippen LogP) is 3.45. The third-order valence-electron chi connectivity index (χ3n) is 2.81. The molecule has 0 aliphatic rings. The normalized spacial score (nSPS) is 15.4. The Bertz CT molecular complexity index is 402. The molecule has 0 fully saturated rings. The topological polar surface area (TPSA) is 33.0 Å². The maximum Gasteiger partial charge on any atom is 0.174 e. The molecule has 0 spiro atoms. The van der Waals surface area contributed by atoms with Crippen LogP contribution in [0.4, 0.5) is 0 Å². The van der Waals surface area contributed by atoms with Crippen molar-refractivity contribution in [3.63, 3.8) is 0 Å². The van der Waals surface area contributed by atoms with Gasteiger partial charge in [0.05, 0.1) is 0 Å². The van der Waals surface area contributed by atoms with Crippen LogP contribution in [-0.2, 0) is 10.0 Å². The number of rotatable bonds is 3. The van der Waals surface area contributed by atoms with Crippen LogP contribution in [0.2, 0.25) is 13.1 Å². The number of benzene rings is 1. The zero-order valence-electron chi connectivity index (χ0n) is 11.3. The molecule has 1 unspecified atom stereocenters. The van der Waals surface area contributed by atoms with Crippen molar-refractivity contribution in [2.45, 2.75) is 39.5 Å². The third kappa shape index (κ3) is 2.77. The minimum absolute atomic E-state index is 0.250. The van der Waals surface area contributed by atoms with Gasteiger partial charge in [-0.05, 0) is 18.7 Å². The van der Waals surface area contributed by atoms with Crippen molar-refractivity contribution in [2.24, 2.45) is 5.41 Å². The molecule has 3 heteroatoms. The Morgan fingerprint density at radius 3 is 2.00 bits per heavy atom. The second kappa shape index (κ2) is 5.03. The first-order chi connectivity index (χ1) is 7.83. The van der Waals surface area contributed by atoms with Crippen LogP contribution < -0.4 is 0 Å². The zero-order valence-corrected chi connectivity index (χ0v) is 12.5. The average Bonchev–Trinajstić information content (AvgIpc) is 2.25. The molecule has 0 aliphatic carbocycles. The Hall–Kier alpha value is -1.11. The standard InChI is InChI=1S/C14H21NOSi/c1-13(2,3)14(11-15,16-17(4)5)12-9-7-6-8-10-12/h6-10,17H,1-5H3. The summed E-state index contributed by atoms with van der Waals surface area (Å²) in [7, 11) is -1.31. The highest BCUT2D eigenvalue weighted by Gasteiger charge is 2.45. The Kier molecular flexibility index (Phi) is 4.13. The van der Waals surface area contributed by atoms with E-state index in [-0.39, 0.29) is 5.41 Å². The molecule has 1 aromatic carbocycles. The van der Waals surface area contributed by atoms with Gasteiger partial charge in [0.2, 0.25) is 0 Å². The molecule has 2 nitrogen and oxygen atoms in total. The molecule has 0 amide bonds. The molecule has 1 aromatic rings. The molecule has 0 saturated carbocycles. The van der Waals surface area contributed by atoms with Crippen LogP contribution in [0.3, 0.4) is 0 Å². The highest BCUT2D eigenvalue weighted by Crippen LogP contribution is 2.42. The minimum Gasteiger partial charge on any atom is -0.399 e. The molecule has 0 N–H and O–H groups in total. The largest absolute Gasteiger partial charge is 0.399 e. The summed E-state index contributed by atoms with van der Waals surface area (Å²) in [6.07, 6.45) is 0. The monoisotopic (exact) mass is 247 g/mol. The van der Waals surface area contributed by atoms with Gasteiger partial charge in [-0.3, -0.25) is 0 Å². The second-order valence-corrected chi connectivity index (χ2v) is 7.91. The van der Waals surface area contributed by atoms with E-state index in [0.717, 1.165) is 5.56 Å². The molecule has 17 heavy (non-hydrogen) atoms. The maximum absolute atomic E-state index is 9.66. The summed E-state index contributed by atoms with van der Waals surface area (Å²) in [5.74, 6) is 0. The molecule has 0 bridgehead atoms. The van der Waals surface area contributed by atoms with E-state index >= 15 is 0 Å². The Morgan fingerprint density at radius 2 is 1.65 bits per heavy atom. The summed E-state index contributed by atoms with van der Waals surface area (Å²) in [4.78, 5) is 0. The first-order valence-electron chi connectivity index (χ1n) is 5.98. The molecule has 0 aliphatic heterocycles. The smallest absolute Gasteiger partial charge is 0.174 e. The van der Waals surface area contributed by atoms with E-state index in [4.69, 9.17) is 4.43 Å². The lowest BCUT2D eigenvalue weighted by Gasteiger charge is -2.40. The van der Waals surface area contributed by atoms with Gasteiger partial charge in [0, 0.05) is 5.41 Å². The van der Waals surface area contributed by atoms with E-state index in [1.165, 1.54) is 0 Å². The summed E-state index contributed by atoms with van der Waals surface area (Å²) in [6, 6.07) is 12.2. The first-order valence-corrected chi connectivity index (χ1v) is 8.76. The lowest BCUT2D eigenvalue weighted by atomic mass is 9.73. The fourth-order valence-electron chi connectivity index (χ4n) is 1.96. The number of nitrogens with zero attached hydrogens (tertiary/aromatic N) is 1. The van der Waals surface area contributed by atoms with Crippen molar-refractivity contribution in [2.75, 3.05) is 0 Å². The maximum atomic E-state index is 9.66. The number of hydrogen-bond donors (Lipinski definition) is 0. The van der Waals surface area contributed by atoms with Gasteiger partial charge < -0.3 is 4.43 Å². The van der Waals surface area contributed by atoms with Gasteiger partial charge in [-0.1, -0.05) is 51.1 Å². The van der Waals surface area contributed by atoms with E-state index in [2.05, 4.69) is 39.9 Å². The molecule has 0 heterocycles. The lowest BCUT2D eigenvalue weighted by Crippen LogP contribution is -2.44. The lowest BCUT2D eigenvalue weighted by molar-refractivity contribution is 0.0128. The second-order valence-electron chi connectivity index (χ2n) is 5.58. The summed E-state index contributed by atoms with van der Waals surface area (Å²) >= 11 is 0. The van der Waals surface area contributed by atoms with Gasteiger partial charge in [0.25, 0.3) is 0 Å². The van der Waals surface area contributed by atoms with Crippen molar-refractivity contribution in [3.8, 4) is 6.07 Å². The van der Waals surface area contributed by atoms with E-state index < -0.39 is 14.6 Å². The summed E-state index contributed by atoms with van der Waals surface area (Å²) in [6.45, 7) is 10.4. The molecule has 1 atom stereocenters. The summed E-state index contributed by atoms with van der Waals surface area (Å²) in [5, 5.41) is 9.66. The quantitative estimate of drug-likeness (QED) is 0.766. The molecular formula is C14H21NOSi. The number of nitriles is 1. The molecular weight excluding hydrogens is 226 g/mol. The molecule has 0 saturated heterocycles. The van der Waals surface area contributed by atoms with Gasteiger partial charge in [-0.2, -0.15) is 5.26 Å². The van der Waals surface area contributed by atoms with Gasteiger partial charge in [0.1, 0.15) is 6.07 Å². The summed E-state index contributed by atoms with van der Waals surface area (Å²) in [5.41, 5.74) is -0.133. The molecule has 92 valence electrons. The van der Waals surface area contributed by atoms with Crippen LogP contribution in [0.15, 0.2) is 30.3 Å². The first kappa shape index (κ1) is 13.9. The van der Waals surface area contributed by atoms with Crippen LogP contribution >= 0.6 is 0 Å². The highest BCUT2D eigenvalue weighted by atomic mass is 28.3. The predicted molar refractivity (Wildman–Crippen MR) is 73.2 cm³/mol. The zero-order chi connectivity index (χ0) is 13.1. The Balaban J connectivity index is 3.33. The Morgan fingerprint density at radius 1 is 1.12 bits per heavy atom. The third-order valence-corrected chi connectivity index (χ3v) is 3.63. The van der Waals surface area contributed by atoms with Crippen molar-refractivity contribution in [3.05, 3.63) is 35.9 Å². The van der Waals surface area contributed by atoms with E-state index in [9.17, 15) is 5.26 Å². The SMILES string of the molecule is C[SiH](C)OC(C#N)(c1ccccc1)C(C)(C)C. The fourth-order valence-corrected chi connectivity index (χ4v) is 3.21. The van der Waals surface area contributed by atoms with Crippen LogP contribution in [0.25, 0.3) is 0 Å². The minimum atomic E-state index is -1.31. The van der Waals surface area contributed by atoms with Crippen molar-refractivity contribution < 1.29 is 4.43 Å². The van der Waals surface area contributed by atoms with Gasteiger partial charge in [0.15, 0.2) is 14.6 Å². The molecule has 0 aromatic heterocycles. The van der Waals surface area contributed by atoms with Crippen molar-refractivity contribution in [1.82, 2.24) is 0 Å². The van der Waals surface area contributed by atoms with E-state index in [1.54, 1.807) is 0 Å². The van der Waals surface area contributed by atoms with Crippen molar-refractivity contribution in [1.29, 1.82) is 5.26 Å². The average molecular weight is 247 g/mol. The van der Waals surface area contributed by atoms with Crippen LogP contribution in [0, 0.1) is 16.7 Å². The Labute approximate surface area is 106 Å². The number of hydrogen-bond acceptors (Lipinski definition) is 2. The van der Waals surface area contributed by atoms with Crippen LogP contribution in [0.5, 0.6) is 0 Å². The fraction of sp³-hybridized carbons (Fsp3) is 0.500. The van der Waals surface area contributed by atoms with Crippen molar-refractivity contribution >= 4 is 9.04 Å². The molecule has 0 radical (unpaired) electrons. The van der Waals surface area contributed by atoms with Gasteiger partial charge >= 0.3 is 0 Å². The van der Waals surface area contributed by atoms with E-state index in [0.29, 0.717) is 0 Å². The summed E-state index contributed by atoms with van der Waals surface area (Å²) < 4.78 is 6.12. The van der Waals surface area contributed by atoms with Gasteiger partial charge in [-0.25, -0.2) is 0 Å². The van der Waals surface area contributed by atoms with Crippen LogP contribution in [0.1, 0.15) is 26.3 Å². The molecule has 1 rings (SSSR count). The van der Waals surface area contributed by atoms with Gasteiger partial charge in [-0.15, -0.1) is 0 Å². The highest BCUT2D eigenvalue weighted by molar-refractivity contribution is 6.48.